The van der Waals surface area contributed by atoms with Crippen molar-refractivity contribution in [2.75, 3.05) is 19.8 Å². The van der Waals surface area contributed by atoms with Gasteiger partial charge in [-0.1, -0.05) is 19.1 Å². The van der Waals surface area contributed by atoms with Gasteiger partial charge < -0.3 is 15.2 Å². The third-order valence-electron chi connectivity index (χ3n) is 3.43. The zero-order valence-electron chi connectivity index (χ0n) is 11.4. The van der Waals surface area contributed by atoms with E-state index in [1.807, 2.05) is 25.1 Å². The lowest BCUT2D eigenvalue weighted by atomic mass is 9.83. The Balaban J connectivity index is 2.22. The highest BCUT2D eigenvalue weighted by Gasteiger charge is 2.37. The molecule has 0 aliphatic carbocycles. The Morgan fingerprint density at radius 3 is 2.74 bits per heavy atom. The summed E-state index contributed by atoms with van der Waals surface area (Å²) in [4.78, 5) is 12.6. The number of rotatable bonds is 5. The van der Waals surface area contributed by atoms with Crippen LogP contribution in [0.15, 0.2) is 24.3 Å². The van der Waals surface area contributed by atoms with Gasteiger partial charge >= 0.3 is 0 Å². The maximum absolute atomic E-state index is 12.6. The van der Waals surface area contributed by atoms with E-state index in [9.17, 15) is 4.79 Å². The topological polar surface area (TPSA) is 61.5 Å². The number of ether oxygens (including phenoxy) is 2. The zero-order valence-corrected chi connectivity index (χ0v) is 11.4. The Bertz CT molecular complexity index is 439. The molecule has 0 atom stereocenters. The first-order chi connectivity index (χ1) is 9.17. The summed E-state index contributed by atoms with van der Waals surface area (Å²) < 4.78 is 10.9. The van der Waals surface area contributed by atoms with E-state index in [0.29, 0.717) is 44.0 Å². The number of benzene rings is 1. The number of hydrogen-bond donors (Lipinski definition) is 1. The third-order valence-corrected chi connectivity index (χ3v) is 3.43. The van der Waals surface area contributed by atoms with Crippen molar-refractivity contribution in [3.05, 3.63) is 29.8 Å². The maximum Gasteiger partial charge on any atom is 0.186 e. The predicted molar refractivity (Wildman–Crippen MR) is 73.5 cm³/mol. The van der Waals surface area contributed by atoms with Crippen LogP contribution in [0.3, 0.4) is 0 Å². The zero-order chi connectivity index (χ0) is 13.7. The van der Waals surface area contributed by atoms with Crippen LogP contribution in [0.2, 0.25) is 0 Å². The molecule has 2 N–H and O–H groups in total. The van der Waals surface area contributed by atoms with Crippen LogP contribution in [0.25, 0.3) is 0 Å². The standard InChI is InChI=1S/C15H21NO3/c1-2-9-19-13-6-4-3-5-12(13)14(17)15(16)7-10-18-11-8-15/h3-6H,2,7-11,16H2,1H3. The lowest BCUT2D eigenvalue weighted by Gasteiger charge is -2.32. The fourth-order valence-electron chi connectivity index (χ4n) is 2.22. The molecular weight excluding hydrogens is 242 g/mol. The quantitative estimate of drug-likeness (QED) is 0.827. The summed E-state index contributed by atoms with van der Waals surface area (Å²) in [5.41, 5.74) is 6.02. The molecule has 0 unspecified atom stereocenters. The van der Waals surface area contributed by atoms with Crippen LogP contribution in [-0.4, -0.2) is 31.1 Å². The van der Waals surface area contributed by atoms with Crippen LogP contribution in [0, 0.1) is 0 Å². The normalized spacial score (nSPS) is 18.0. The highest BCUT2D eigenvalue weighted by Crippen LogP contribution is 2.27. The van der Waals surface area contributed by atoms with Crippen molar-refractivity contribution in [1.82, 2.24) is 0 Å². The van der Waals surface area contributed by atoms with Gasteiger partial charge in [-0.05, 0) is 31.4 Å². The molecule has 0 bridgehead atoms. The number of hydrogen-bond acceptors (Lipinski definition) is 4. The largest absolute Gasteiger partial charge is 0.493 e. The molecule has 0 aromatic heterocycles. The summed E-state index contributed by atoms with van der Waals surface area (Å²) in [7, 11) is 0. The van der Waals surface area contributed by atoms with Crippen molar-refractivity contribution in [3.63, 3.8) is 0 Å². The monoisotopic (exact) mass is 263 g/mol. The second-order valence-electron chi connectivity index (χ2n) is 4.94. The average Bonchev–Trinajstić information content (AvgIpc) is 2.45. The van der Waals surface area contributed by atoms with Crippen molar-refractivity contribution in [1.29, 1.82) is 0 Å². The van der Waals surface area contributed by atoms with Gasteiger partial charge in [0.05, 0.1) is 17.7 Å². The first-order valence-corrected chi connectivity index (χ1v) is 6.80. The van der Waals surface area contributed by atoms with Crippen molar-refractivity contribution in [2.24, 2.45) is 5.73 Å². The van der Waals surface area contributed by atoms with Gasteiger partial charge in [-0.2, -0.15) is 0 Å². The van der Waals surface area contributed by atoms with Gasteiger partial charge in [0.15, 0.2) is 5.78 Å². The summed E-state index contributed by atoms with van der Waals surface area (Å²) in [5, 5.41) is 0. The molecule has 4 nitrogen and oxygen atoms in total. The minimum Gasteiger partial charge on any atom is -0.493 e. The summed E-state index contributed by atoms with van der Waals surface area (Å²) in [6, 6.07) is 7.33. The average molecular weight is 263 g/mol. The van der Waals surface area contributed by atoms with Crippen LogP contribution in [-0.2, 0) is 4.74 Å². The predicted octanol–water partition coefficient (Wildman–Crippen LogP) is 2.17. The van der Waals surface area contributed by atoms with Gasteiger partial charge in [-0.15, -0.1) is 0 Å². The fraction of sp³-hybridized carbons (Fsp3) is 0.533. The lowest BCUT2D eigenvalue weighted by molar-refractivity contribution is 0.0445. The molecule has 1 heterocycles. The van der Waals surface area contributed by atoms with E-state index in [0.717, 1.165) is 6.42 Å². The number of Topliss-reactive ketones (excluding diaryl/α,β-unsaturated/α-hetero) is 1. The second kappa shape index (κ2) is 6.17. The second-order valence-corrected chi connectivity index (χ2v) is 4.94. The Morgan fingerprint density at radius 2 is 2.05 bits per heavy atom. The smallest absolute Gasteiger partial charge is 0.186 e. The highest BCUT2D eigenvalue weighted by molar-refractivity contribution is 6.05. The fourth-order valence-corrected chi connectivity index (χ4v) is 2.22. The number of nitrogens with two attached hydrogens (primary N) is 1. The summed E-state index contributed by atoms with van der Waals surface area (Å²) in [5.74, 6) is 0.591. The molecule has 0 radical (unpaired) electrons. The molecular formula is C15H21NO3. The molecule has 1 aliphatic rings. The van der Waals surface area contributed by atoms with Gasteiger partial charge in [0.25, 0.3) is 0 Å². The SMILES string of the molecule is CCCOc1ccccc1C(=O)C1(N)CCOCC1. The van der Waals surface area contributed by atoms with E-state index in [2.05, 4.69) is 0 Å². The summed E-state index contributed by atoms with van der Waals surface area (Å²) in [6.45, 7) is 3.72. The van der Waals surface area contributed by atoms with Crippen LogP contribution >= 0.6 is 0 Å². The van der Waals surface area contributed by atoms with Crippen LogP contribution in [0.1, 0.15) is 36.5 Å². The first kappa shape index (κ1) is 14.0. The molecule has 19 heavy (non-hydrogen) atoms. The van der Waals surface area contributed by atoms with Crippen LogP contribution < -0.4 is 10.5 Å². The van der Waals surface area contributed by atoms with Crippen LogP contribution in [0.4, 0.5) is 0 Å². The Kier molecular flexibility index (Phi) is 4.56. The third kappa shape index (κ3) is 3.14. The van der Waals surface area contributed by atoms with Gasteiger partial charge in [0.2, 0.25) is 0 Å². The molecule has 1 fully saturated rings. The molecule has 4 heteroatoms. The van der Waals surface area contributed by atoms with Crippen molar-refractivity contribution < 1.29 is 14.3 Å². The van der Waals surface area contributed by atoms with E-state index in [1.54, 1.807) is 6.07 Å². The summed E-state index contributed by atoms with van der Waals surface area (Å²) in [6.07, 6.45) is 2.03. The molecule has 0 spiro atoms. The minimum absolute atomic E-state index is 0.0393. The van der Waals surface area contributed by atoms with Crippen molar-refractivity contribution in [3.8, 4) is 5.75 Å². The maximum atomic E-state index is 12.6. The summed E-state index contributed by atoms with van der Waals surface area (Å²) >= 11 is 0. The van der Waals surface area contributed by atoms with Gasteiger partial charge in [0.1, 0.15) is 5.75 Å². The highest BCUT2D eigenvalue weighted by atomic mass is 16.5. The van der Waals surface area contributed by atoms with Gasteiger partial charge in [-0.3, -0.25) is 4.79 Å². The number of para-hydroxylation sites is 1. The Hall–Kier alpha value is -1.39. The number of carbonyl (C=O) groups is 1. The Morgan fingerprint density at radius 1 is 1.37 bits per heavy atom. The number of ketones is 1. The molecule has 1 saturated heterocycles. The molecule has 1 aromatic rings. The van der Waals surface area contributed by atoms with E-state index in [-0.39, 0.29) is 5.78 Å². The van der Waals surface area contributed by atoms with E-state index in [1.165, 1.54) is 0 Å². The Labute approximate surface area is 113 Å². The van der Waals surface area contributed by atoms with E-state index in [4.69, 9.17) is 15.2 Å². The van der Waals surface area contributed by atoms with E-state index < -0.39 is 5.54 Å². The molecule has 1 aliphatic heterocycles. The minimum atomic E-state index is -0.816. The lowest BCUT2D eigenvalue weighted by Crippen LogP contribution is -2.52. The van der Waals surface area contributed by atoms with Gasteiger partial charge in [0, 0.05) is 13.2 Å². The molecule has 104 valence electrons. The number of carbonyl (C=O) groups excluding carboxylic acids is 1. The molecule has 0 amide bonds. The molecule has 1 aromatic carbocycles. The molecule has 0 saturated carbocycles. The van der Waals surface area contributed by atoms with E-state index >= 15 is 0 Å². The van der Waals surface area contributed by atoms with Crippen molar-refractivity contribution in [2.45, 2.75) is 31.7 Å². The van der Waals surface area contributed by atoms with Crippen molar-refractivity contribution >= 4 is 5.78 Å². The van der Waals surface area contributed by atoms with Gasteiger partial charge in [-0.25, -0.2) is 0 Å². The molecule has 2 rings (SSSR count). The first-order valence-electron chi connectivity index (χ1n) is 6.80. The van der Waals surface area contributed by atoms with Crippen LogP contribution in [0.5, 0.6) is 5.75 Å².